The molecule has 0 unspecified atom stereocenters. The Bertz CT molecular complexity index is 149. The topological polar surface area (TPSA) is 60.0 Å². The van der Waals surface area contributed by atoms with Crippen LogP contribution in [-0.2, 0) is 0 Å². The maximum atomic E-state index is 2.08. The largest absolute Gasteiger partial charge is 1.00 e. The predicted octanol–water partition coefficient (Wildman–Crippen LogP) is -6.40. The third-order valence-electron chi connectivity index (χ3n) is 0.940. The van der Waals surface area contributed by atoms with E-state index in [1.54, 1.807) is 0 Å². The molecule has 0 amide bonds. The van der Waals surface area contributed by atoms with E-state index in [-0.39, 0.29) is 70.1 Å². The summed E-state index contributed by atoms with van der Waals surface area (Å²) in [5, 5.41) is 0. The first-order chi connectivity index (χ1) is 3.39. The first-order valence-corrected chi connectivity index (χ1v) is 2.41. The smallest absolute Gasteiger partial charge is 0.870 e. The average Bonchev–Trinajstić information content (AvgIpc) is 1.69. The molecule has 2 nitrogen and oxygen atoms in total. The molecule has 0 saturated heterocycles. The van der Waals surface area contributed by atoms with Gasteiger partial charge in [-0.25, -0.2) is 0 Å². The van der Waals surface area contributed by atoms with Crippen LogP contribution in [0, 0.1) is 0 Å². The summed E-state index contributed by atoms with van der Waals surface area (Å²) in [6.45, 7) is 0. The van der Waals surface area contributed by atoms with E-state index in [4.69, 9.17) is 0 Å². The van der Waals surface area contributed by atoms with Crippen molar-refractivity contribution in [3.8, 4) is 0 Å². The zero-order valence-corrected chi connectivity index (χ0v) is 11.3. The monoisotopic (exact) mass is 170 g/mol. The van der Waals surface area contributed by atoms with Gasteiger partial charge in [0.2, 0.25) is 0 Å². The summed E-state index contributed by atoms with van der Waals surface area (Å²) in [6, 6.07) is 10.3. The van der Waals surface area contributed by atoms with Crippen LogP contribution in [0.5, 0.6) is 0 Å². The minimum absolute atomic E-state index is 0. The second-order valence-corrected chi connectivity index (χ2v) is 1.65. The third kappa shape index (κ3) is 11.2. The molecule has 0 aliphatic heterocycles. The van der Waals surface area contributed by atoms with Crippen LogP contribution >= 0.6 is 0 Å². The van der Waals surface area contributed by atoms with Crippen LogP contribution in [0.3, 0.4) is 0 Å². The Balaban J connectivity index is -0.0000000612. The summed E-state index contributed by atoms with van der Waals surface area (Å²) in [6.07, 6.45) is 0. The van der Waals surface area contributed by atoms with Crippen molar-refractivity contribution in [1.29, 1.82) is 0 Å². The average molecular weight is 170 g/mol. The fourth-order valence-corrected chi connectivity index (χ4v) is 0.534. The van der Waals surface area contributed by atoms with Crippen molar-refractivity contribution in [3.63, 3.8) is 0 Å². The molecule has 1 aromatic rings. The van der Waals surface area contributed by atoms with Gasteiger partial charge in [0.15, 0.2) is 0 Å². The zero-order chi connectivity index (χ0) is 5.11. The zero-order valence-electron chi connectivity index (χ0n) is 7.28. The van der Waals surface area contributed by atoms with E-state index in [9.17, 15) is 0 Å². The van der Waals surface area contributed by atoms with Crippen molar-refractivity contribution >= 4 is 13.3 Å². The van der Waals surface area contributed by atoms with Gasteiger partial charge in [-0.15, -0.1) is 0 Å². The van der Waals surface area contributed by atoms with Gasteiger partial charge in [0.1, 0.15) is 7.85 Å². The maximum Gasteiger partial charge on any atom is 1.00 e. The molecule has 0 aliphatic rings. The Labute approximate surface area is 112 Å². The van der Waals surface area contributed by atoms with Crippen LogP contribution in [0.15, 0.2) is 30.3 Å². The van der Waals surface area contributed by atoms with Crippen LogP contribution in [0.2, 0.25) is 0 Å². The van der Waals surface area contributed by atoms with Crippen molar-refractivity contribution in [2.45, 2.75) is 0 Å². The van der Waals surface area contributed by atoms with Crippen LogP contribution in [0.25, 0.3) is 0 Å². The molecule has 0 aromatic heterocycles. The van der Waals surface area contributed by atoms with Gasteiger partial charge >= 0.3 is 59.1 Å². The number of hydrogen-bond acceptors (Lipinski definition) is 2. The quantitative estimate of drug-likeness (QED) is 0.363. The minimum atomic E-state index is 0. The van der Waals surface area contributed by atoms with Crippen molar-refractivity contribution in [1.82, 2.24) is 0 Å². The minimum Gasteiger partial charge on any atom is -0.870 e. The van der Waals surface area contributed by atoms with E-state index in [0.717, 1.165) is 0 Å². The van der Waals surface area contributed by atoms with E-state index < -0.39 is 0 Å². The van der Waals surface area contributed by atoms with Crippen molar-refractivity contribution in [3.05, 3.63) is 30.3 Å². The van der Waals surface area contributed by atoms with Gasteiger partial charge in [-0.05, 0) is 0 Å². The van der Waals surface area contributed by atoms with Crippen molar-refractivity contribution in [2.24, 2.45) is 0 Å². The van der Waals surface area contributed by atoms with Gasteiger partial charge in [0.05, 0.1) is 0 Å². The van der Waals surface area contributed by atoms with E-state index >= 15 is 0 Å². The molecule has 0 radical (unpaired) electrons. The Morgan fingerprint density at radius 1 is 0.818 bits per heavy atom. The predicted molar refractivity (Wildman–Crippen MR) is 38.5 cm³/mol. The fourth-order valence-electron chi connectivity index (χ4n) is 0.534. The second-order valence-electron chi connectivity index (χ2n) is 1.65. The molecular weight excluding hydrogens is 161 g/mol. The number of hydrogen-bond donors (Lipinski definition) is 0. The van der Waals surface area contributed by atoms with Gasteiger partial charge in [0, 0.05) is 0 Å². The standard InChI is InChI=1S/C6H7B.2Na.2H2O/c7-6-4-2-1-3-5-6;;;;/h1-5H,7H2;;;2*1H2/q;2*+1;;/p-2. The summed E-state index contributed by atoms with van der Waals surface area (Å²) >= 11 is 0. The summed E-state index contributed by atoms with van der Waals surface area (Å²) in [5.74, 6) is 0. The molecule has 1 aromatic carbocycles. The maximum absolute atomic E-state index is 2.08. The molecule has 5 heteroatoms. The van der Waals surface area contributed by atoms with Gasteiger partial charge in [-0.2, -0.15) is 0 Å². The second kappa shape index (κ2) is 13.8. The fraction of sp³-hybridized carbons (Fsp3) is 0. The number of rotatable bonds is 0. The molecule has 50 valence electrons. The molecule has 0 spiro atoms. The van der Waals surface area contributed by atoms with E-state index in [1.165, 1.54) is 5.46 Å². The molecule has 0 heterocycles. The van der Waals surface area contributed by atoms with E-state index in [1.807, 2.05) is 18.2 Å². The van der Waals surface area contributed by atoms with Crippen molar-refractivity contribution < 1.29 is 70.1 Å². The van der Waals surface area contributed by atoms with Crippen LogP contribution in [-0.4, -0.2) is 18.8 Å². The van der Waals surface area contributed by atoms with Gasteiger partial charge in [-0.3, -0.25) is 0 Å². The summed E-state index contributed by atoms with van der Waals surface area (Å²) in [4.78, 5) is 0. The molecule has 0 fully saturated rings. The van der Waals surface area contributed by atoms with Crippen LogP contribution < -0.4 is 64.6 Å². The summed E-state index contributed by atoms with van der Waals surface area (Å²) in [7, 11) is 2.08. The summed E-state index contributed by atoms with van der Waals surface area (Å²) < 4.78 is 0. The first kappa shape index (κ1) is 22.8. The van der Waals surface area contributed by atoms with Gasteiger partial charge < -0.3 is 11.0 Å². The molecule has 0 aliphatic carbocycles. The Kier molecular flexibility index (Phi) is 28.5. The Morgan fingerprint density at radius 3 is 1.36 bits per heavy atom. The van der Waals surface area contributed by atoms with Crippen molar-refractivity contribution in [2.75, 3.05) is 0 Å². The molecule has 1 rings (SSSR count). The Morgan fingerprint density at radius 2 is 1.18 bits per heavy atom. The molecule has 0 saturated carbocycles. The van der Waals surface area contributed by atoms with E-state index in [2.05, 4.69) is 20.0 Å². The summed E-state index contributed by atoms with van der Waals surface area (Å²) in [5.41, 5.74) is 1.32. The van der Waals surface area contributed by atoms with Gasteiger partial charge in [-0.1, -0.05) is 35.8 Å². The van der Waals surface area contributed by atoms with E-state index in [0.29, 0.717) is 0 Å². The molecule has 2 N–H and O–H groups in total. The normalized spacial score (nSPS) is 5.45. The molecule has 11 heavy (non-hydrogen) atoms. The van der Waals surface area contributed by atoms with Crippen LogP contribution in [0.1, 0.15) is 0 Å². The molecule has 0 bridgehead atoms. The first-order valence-electron chi connectivity index (χ1n) is 2.41. The number of benzene rings is 1. The van der Waals surface area contributed by atoms with Crippen LogP contribution in [0.4, 0.5) is 0 Å². The third-order valence-corrected chi connectivity index (χ3v) is 0.940. The molecule has 0 atom stereocenters. The SMILES string of the molecule is Bc1ccccc1.[Na+].[Na+].[OH-].[OH-]. The van der Waals surface area contributed by atoms with Gasteiger partial charge in [0.25, 0.3) is 0 Å². The molecular formula is C6H9BNa2O2. The Hall–Kier alpha value is 1.20.